The molecule has 0 saturated carbocycles. The predicted octanol–water partition coefficient (Wildman–Crippen LogP) is 1.61. The minimum absolute atomic E-state index is 0.0616. The number of nitrogens with two attached hydrogens (primary N) is 1. The highest BCUT2D eigenvalue weighted by Gasteiger charge is 2.31. The molecule has 1 heterocycles. The summed E-state index contributed by atoms with van der Waals surface area (Å²) in [6.07, 6.45) is 1.80. The molecule has 1 aromatic carbocycles. The Hall–Kier alpha value is -0.910. The minimum atomic E-state index is -3.40. The summed E-state index contributed by atoms with van der Waals surface area (Å²) in [5.41, 5.74) is 7.07. The number of nitrogens with zero attached hydrogens (tertiary/aromatic N) is 1. The fourth-order valence-corrected chi connectivity index (χ4v) is 4.21. The Morgan fingerprint density at radius 3 is 2.42 bits per heavy atom. The van der Waals surface area contributed by atoms with Gasteiger partial charge in [0.05, 0.1) is 4.90 Å². The van der Waals surface area contributed by atoms with Crippen molar-refractivity contribution in [3.05, 3.63) is 29.8 Å². The SMILES string of the molecule is CCc1ccc(S(=O)(=O)N2CC(C)CC(N)C2)cc1. The molecule has 0 bridgehead atoms. The lowest BCUT2D eigenvalue weighted by molar-refractivity contribution is 0.254. The van der Waals surface area contributed by atoms with Gasteiger partial charge in [0.25, 0.3) is 0 Å². The smallest absolute Gasteiger partial charge is 0.243 e. The van der Waals surface area contributed by atoms with Gasteiger partial charge in [0.15, 0.2) is 0 Å². The first kappa shape index (κ1) is 14.5. The van der Waals surface area contributed by atoms with E-state index < -0.39 is 10.0 Å². The first-order valence-corrected chi connectivity index (χ1v) is 8.22. The van der Waals surface area contributed by atoms with Crippen molar-refractivity contribution in [3.8, 4) is 0 Å². The molecule has 1 aromatic rings. The maximum Gasteiger partial charge on any atom is 0.243 e. The highest BCUT2D eigenvalue weighted by atomic mass is 32.2. The van der Waals surface area contributed by atoms with Crippen LogP contribution < -0.4 is 5.73 Å². The van der Waals surface area contributed by atoms with E-state index in [0.29, 0.717) is 23.9 Å². The van der Waals surface area contributed by atoms with Crippen LogP contribution in [0.2, 0.25) is 0 Å². The van der Waals surface area contributed by atoms with Gasteiger partial charge < -0.3 is 5.73 Å². The lowest BCUT2D eigenvalue weighted by atomic mass is 9.99. The lowest BCUT2D eigenvalue weighted by Gasteiger charge is -2.33. The fourth-order valence-electron chi connectivity index (χ4n) is 2.59. The standard InChI is InChI=1S/C14H22N2O2S/c1-3-12-4-6-14(7-5-12)19(17,18)16-9-11(2)8-13(15)10-16/h4-7,11,13H,3,8-10,15H2,1-2H3. The van der Waals surface area contributed by atoms with E-state index in [9.17, 15) is 8.42 Å². The number of aryl methyl sites for hydroxylation is 1. The summed E-state index contributed by atoms with van der Waals surface area (Å²) < 4.78 is 26.6. The van der Waals surface area contributed by atoms with E-state index in [1.165, 1.54) is 4.31 Å². The molecule has 0 aromatic heterocycles. The van der Waals surface area contributed by atoms with E-state index in [2.05, 4.69) is 6.92 Å². The highest BCUT2D eigenvalue weighted by molar-refractivity contribution is 7.89. The largest absolute Gasteiger partial charge is 0.326 e. The Balaban J connectivity index is 2.25. The molecule has 2 unspecified atom stereocenters. The molecule has 2 rings (SSSR count). The number of piperidine rings is 1. The van der Waals surface area contributed by atoms with Crippen LogP contribution >= 0.6 is 0 Å². The van der Waals surface area contributed by atoms with Crippen molar-refractivity contribution in [1.82, 2.24) is 4.31 Å². The summed E-state index contributed by atoms with van der Waals surface area (Å²) in [6, 6.07) is 7.08. The molecule has 1 aliphatic heterocycles. The van der Waals surface area contributed by atoms with Crippen molar-refractivity contribution in [2.75, 3.05) is 13.1 Å². The van der Waals surface area contributed by atoms with Gasteiger partial charge in [-0.05, 0) is 36.5 Å². The molecule has 1 fully saturated rings. The molecule has 4 nitrogen and oxygen atoms in total. The molecule has 0 aliphatic carbocycles. The van der Waals surface area contributed by atoms with Crippen molar-refractivity contribution in [3.63, 3.8) is 0 Å². The highest BCUT2D eigenvalue weighted by Crippen LogP contribution is 2.23. The van der Waals surface area contributed by atoms with Crippen molar-refractivity contribution in [2.45, 2.75) is 37.6 Å². The van der Waals surface area contributed by atoms with E-state index in [1.807, 2.05) is 19.1 Å². The molecule has 106 valence electrons. The zero-order valence-electron chi connectivity index (χ0n) is 11.5. The molecule has 0 amide bonds. The lowest BCUT2D eigenvalue weighted by Crippen LogP contribution is -2.48. The van der Waals surface area contributed by atoms with Crippen LogP contribution in [0.1, 0.15) is 25.8 Å². The summed E-state index contributed by atoms with van der Waals surface area (Å²) >= 11 is 0. The second kappa shape index (κ2) is 5.61. The molecular formula is C14H22N2O2S. The van der Waals surface area contributed by atoms with Crippen LogP contribution in [0.3, 0.4) is 0 Å². The van der Waals surface area contributed by atoms with E-state index in [1.54, 1.807) is 12.1 Å². The van der Waals surface area contributed by atoms with Gasteiger partial charge in [0, 0.05) is 19.1 Å². The topological polar surface area (TPSA) is 63.4 Å². The first-order valence-electron chi connectivity index (χ1n) is 6.78. The van der Waals surface area contributed by atoms with Gasteiger partial charge in [-0.3, -0.25) is 0 Å². The Bertz CT molecular complexity index is 515. The molecule has 0 radical (unpaired) electrons. The average Bonchev–Trinajstić information content (AvgIpc) is 2.37. The van der Waals surface area contributed by atoms with E-state index >= 15 is 0 Å². The quantitative estimate of drug-likeness (QED) is 0.916. The van der Waals surface area contributed by atoms with Crippen LogP contribution in [0.5, 0.6) is 0 Å². The fraction of sp³-hybridized carbons (Fsp3) is 0.571. The van der Waals surface area contributed by atoms with Gasteiger partial charge >= 0.3 is 0 Å². The molecule has 0 spiro atoms. The van der Waals surface area contributed by atoms with Crippen LogP contribution in [0.15, 0.2) is 29.2 Å². The summed E-state index contributed by atoms with van der Waals surface area (Å²) in [7, 11) is -3.40. The normalized spacial score (nSPS) is 25.4. The van der Waals surface area contributed by atoms with Crippen molar-refractivity contribution >= 4 is 10.0 Å². The maximum atomic E-state index is 12.5. The third kappa shape index (κ3) is 3.16. The number of benzene rings is 1. The maximum absolute atomic E-state index is 12.5. The number of sulfonamides is 1. The average molecular weight is 282 g/mol. The van der Waals surface area contributed by atoms with Crippen molar-refractivity contribution in [2.24, 2.45) is 11.7 Å². The molecule has 1 aliphatic rings. The van der Waals surface area contributed by atoms with Gasteiger partial charge in [0.2, 0.25) is 10.0 Å². The minimum Gasteiger partial charge on any atom is -0.326 e. The molecule has 1 saturated heterocycles. The zero-order chi connectivity index (χ0) is 14.0. The first-order chi connectivity index (χ1) is 8.93. The molecular weight excluding hydrogens is 260 g/mol. The second-order valence-electron chi connectivity index (χ2n) is 5.42. The summed E-state index contributed by atoms with van der Waals surface area (Å²) in [6.45, 7) is 5.07. The van der Waals surface area contributed by atoms with Gasteiger partial charge in [0.1, 0.15) is 0 Å². The Labute approximate surface area is 115 Å². The van der Waals surface area contributed by atoms with Gasteiger partial charge in [-0.2, -0.15) is 4.31 Å². The summed E-state index contributed by atoms with van der Waals surface area (Å²) in [5.74, 6) is 0.313. The molecule has 2 N–H and O–H groups in total. The zero-order valence-corrected chi connectivity index (χ0v) is 12.4. The van der Waals surface area contributed by atoms with Gasteiger partial charge in [-0.1, -0.05) is 26.0 Å². The van der Waals surface area contributed by atoms with Crippen molar-refractivity contribution < 1.29 is 8.42 Å². The Morgan fingerprint density at radius 2 is 1.89 bits per heavy atom. The van der Waals surface area contributed by atoms with Crippen LogP contribution in [-0.4, -0.2) is 31.9 Å². The molecule has 2 atom stereocenters. The molecule has 5 heteroatoms. The van der Waals surface area contributed by atoms with Crippen LogP contribution in [0.4, 0.5) is 0 Å². The van der Waals surface area contributed by atoms with Crippen LogP contribution in [0.25, 0.3) is 0 Å². The van der Waals surface area contributed by atoms with Crippen LogP contribution in [-0.2, 0) is 16.4 Å². The Kier molecular flexibility index (Phi) is 4.28. The van der Waals surface area contributed by atoms with Gasteiger partial charge in [-0.25, -0.2) is 8.42 Å². The number of hydrogen-bond donors (Lipinski definition) is 1. The van der Waals surface area contributed by atoms with E-state index in [0.717, 1.165) is 18.4 Å². The van der Waals surface area contributed by atoms with E-state index in [-0.39, 0.29) is 6.04 Å². The second-order valence-corrected chi connectivity index (χ2v) is 7.36. The summed E-state index contributed by atoms with van der Waals surface area (Å²) in [5, 5.41) is 0. The molecule has 19 heavy (non-hydrogen) atoms. The van der Waals surface area contributed by atoms with Crippen molar-refractivity contribution in [1.29, 1.82) is 0 Å². The van der Waals surface area contributed by atoms with Gasteiger partial charge in [-0.15, -0.1) is 0 Å². The van der Waals surface area contributed by atoms with Crippen LogP contribution in [0, 0.1) is 5.92 Å². The third-order valence-corrected chi connectivity index (χ3v) is 5.47. The number of hydrogen-bond acceptors (Lipinski definition) is 3. The summed E-state index contributed by atoms with van der Waals surface area (Å²) in [4.78, 5) is 0.367. The number of rotatable bonds is 3. The monoisotopic (exact) mass is 282 g/mol. The Morgan fingerprint density at radius 1 is 1.26 bits per heavy atom. The third-order valence-electron chi connectivity index (χ3n) is 3.63. The predicted molar refractivity (Wildman–Crippen MR) is 76.3 cm³/mol. The van der Waals surface area contributed by atoms with E-state index in [4.69, 9.17) is 5.73 Å².